The predicted octanol–water partition coefficient (Wildman–Crippen LogP) is 1.58. The molecule has 0 amide bonds. The van der Waals surface area contributed by atoms with E-state index in [4.69, 9.17) is 14.3 Å². The predicted molar refractivity (Wildman–Crippen MR) is 98.2 cm³/mol. The molecular formula is C18H19N3O6. The van der Waals surface area contributed by atoms with E-state index >= 15 is 0 Å². The van der Waals surface area contributed by atoms with Crippen LogP contribution in [-0.4, -0.2) is 58.3 Å². The van der Waals surface area contributed by atoms with Crippen LogP contribution < -0.4 is 5.32 Å². The maximum atomic E-state index is 12.2. The normalized spacial score (nSPS) is 15.0. The molecular weight excluding hydrogens is 354 g/mol. The molecule has 0 radical (unpaired) electrons. The van der Waals surface area contributed by atoms with Crippen LogP contribution >= 0.6 is 0 Å². The second kappa shape index (κ2) is 8.02. The van der Waals surface area contributed by atoms with E-state index in [2.05, 4.69) is 15.3 Å². The van der Waals surface area contributed by atoms with Crippen molar-refractivity contribution in [1.82, 2.24) is 4.98 Å². The van der Waals surface area contributed by atoms with Crippen LogP contribution in [0, 0.1) is 0 Å². The van der Waals surface area contributed by atoms with Gasteiger partial charge < -0.3 is 29.8 Å². The summed E-state index contributed by atoms with van der Waals surface area (Å²) in [6, 6.07) is 3.58. The van der Waals surface area contributed by atoms with Crippen LogP contribution in [0.5, 0.6) is 5.75 Å². The fraction of sp³-hybridized carbons (Fsp3) is 0.278. The third kappa shape index (κ3) is 3.83. The molecule has 3 rings (SSSR count). The Morgan fingerprint density at radius 3 is 3.04 bits per heavy atom. The van der Waals surface area contributed by atoms with Gasteiger partial charge in [0.25, 0.3) is 0 Å². The molecule has 2 aromatic heterocycles. The number of carbonyl (C=O) groups is 1. The molecule has 2 aromatic rings. The van der Waals surface area contributed by atoms with Crippen molar-refractivity contribution in [3.8, 4) is 5.75 Å². The van der Waals surface area contributed by atoms with Gasteiger partial charge in [0.2, 0.25) is 5.88 Å². The van der Waals surface area contributed by atoms with Gasteiger partial charge in [0.05, 0.1) is 19.3 Å². The van der Waals surface area contributed by atoms with Gasteiger partial charge in [-0.3, -0.25) is 0 Å². The van der Waals surface area contributed by atoms with Gasteiger partial charge in [-0.25, -0.2) is 14.8 Å². The van der Waals surface area contributed by atoms with E-state index < -0.39 is 24.4 Å². The number of aliphatic hydroxyl groups is 2. The lowest BCUT2D eigenvalue weighted by molar-refractivity contribution is 0.0523. The minimum Gasteiger partial charge on any atom is -0.504 e. The van der Waals surface area contributed by atoms with E-state index in [1.165, 1.54) is 6.08 Å². The Balaban J connectivity index is 1.98. The molecule has 0 saturated carbocycles. The van der Waals surface area contributed by atoms with Gasteiger partial charge in [-0.1, -0.05) is 0 Å². The molecule has 4 N–H and O–H groups in total. The molecule has 1 unspecified atom stereocenters. The molecule has 9 heteroatoms. The number of esters is 1. The lowest BCUT2D eigenvalue weighted by Crippen LogP contribution is -2.23. The Kier molecular flexibility index (Phi) is 5.53. The summed E-state index contributed by atoms with van der Waals surface area (Å²) in [4.78, 5) is 20.5. The molecule has 0 aromatic carbocycles. The number of aliphatic hydroxyl groups excluding tert-OH is 2. The minimum atomic E-state index is -1.06. The third-order valence-electron chi connectivity index (χ3n) is 3.81. The number of nitrogens with one attached hydrogen (secondary N) is 1. The second-order valence-electron chi connectivity index (χ2n) is 5.69. The summed E-state index contributed by atoms with van der Waals surface area (Å²) >= 11 is 0. The number of nitrogens with zero attached hydrogens (tertiary/aromatic N) is 2. The van der Waals surface area contributed by atoms with Gasteiger partial charge in [-0.15, -0.1) is 0 Å². The summed E-state index contributed by atoms with van der Waals surface area (Å²) in [5.74, 6) is -0.659. The number of hydrogen-bond acceptors (Lipinski definition) is 9. The van der Waals surface area contributed by atoms with Crippen molar-refractivity contribution < 1.29 is 29.3 Å². The fourth-order valence-corrected chi connectivity index (χ4v) is 2.51. The number of ether oxygens (including phenoxy) is 1. The molecule has 0 aliphatic carbocycles. The Hall–Kier alpha value is -3.17. The molecule has 0 spiro atoms. The lowest BCUT2D eigenvalue weighted by atomic mass is 10.1. The zero-order chi connectivity index (χ0) is 19.4. The molecule has 142 valence electrons. The summed E-state index contributed by atoms with van der Waals surface area (Å²) in [7, 11) is 0. The first-order valence-corrected chi connectivity index (χ1v) is 8.32. The molecule has 0 fully saturated rings. The molecule has 1 aliphatic rings. The fourth-order valence-electron chi connectivity index (χ4n) is 2.51. The molecule has 27 heavy (non-hydrogen) atoms. The first kappa shape index (κ1) is 18.6. The van der Waals surface area contributed by atoms with Gasteiger partial charge in [0.15, 0.2) is 22.9 Å². The maximum Gasteiger partial charge on any atom is 0.347 e. The summed E-state index contributed by atoms with van der Waals surface area (Å²) in [5.41, 5.74) is 1.23. The summed E-state index contributed by atoms with van der Waals surface area (Å²) in [5, 5.41) is 31.6. The van der Waals surface area contributed by atoms with Crippen molar-refractivity contribution in [2.75, 3.05) is 25.1 Å². The van der Waals surface area contributed by atoms with Gasteiger partial charge >= 0.3 is 5.97 Å². The number of rotatable bonds is 7. The molecule has 0 bridgehead atoms. The first-order chi connectivity index (χ1) is 13.0. The van der Waals surface area contributed by atoms with E-state index in [1.54, 1.807) is 25.4 Å². The minimum absolute atomic E-state index is 0.0252. The van der Waals surface area contributed by atoms with E-state index in [9.17, 15) is 15.0 Å². The number of hydrogen-bond donors (Lipinski definition) is 4. The highest BCUT2D eigenvalue weighted by atomic mass is 16.5. The molecule has 0 saturated heterocycles. The third-order valence-corrected chi connectivity index (χ3v) is 3.81. The Morgan fingerprint density at radius 2 is 2.30 bits per heavy atom. The molecule has 1 atom stereocenters. The van der Waals surface area contributed by atoms with Crippen LogP contribution in [-0.2, 0) is 4.74 Å². The summed E-state index contributed by atoms with van der Waals surface area (Å²) in [6.07, 6.45) is 3.67. The standard InChI is InChI=1S/C18H19N3O6/c1-2-26-18(25)14-15(24)13(27-17(14)21-8-11(23)9-22)6-10-7-20-16-12(10)4-3-5-19-16/h3-7,11,21-24H,2,8-9H2,1H3. The van der Waals surface area contributed by atoms with E-state index in [0.29, 0.717) is 11.4 Å². The summed E-state index contributed by atoms with van der Waals surface area (Å²) < 4.78 is 10.5. The number of anilines is 1. The van der Waals surface area contributed by atoms with Crippen molar-refractivity contribution in [3.63, 3.8) is 0 Å². The van der Waals surface area contributed by atoms with Crippen LogP contribution in [0.2, 0.25) is 0 Å². The van der Waals surface area contributed by atoms with E-state index in [-0.39, 0.29) is 30.4 Å². The number of aliphatic imine (C=N–C) groups is 1. The van der Waals surface area contributed by atoms with Crippen LogP contribution in [0.15, 0.2) is 27.7 Å². The quantitative estimate of drug-likeness (QED) is 0.537. The number of aromatic nitrogens is 1. The van der Waals surface area contributed by atoms with Gasteiger partial charge in [0, 0.05) is 30.1 Å². The zero-order valence-electron chi connectivity index (χ0n) is 14.5. The van der Waals surface area contributed by atoms with Crippen molar-refractivity contribution in [1.29, 1.82) is 0 Å². The average Bonchev–Trinajstić information content (AvgIpc) is 3.21. The van der Waals surface area contributed by atoms with Crippen molar-refractivity contribution in [3.05, 3.63) is 35.2 Å². The topological polar surface area (TPSA) is 137 Å². The number of aromatic hydroxyl groups is 1. The Bertz CT molecular complexity index is 902. The number of furan rings is 1. The van der Waals surface area contributed by atoms with Crippen molar-refractivity contribution >= 4 is 35.5 Å². The highest BCUT2D eigenvalue weighted by molar-refractivity contribution is 6.21. The highest BCUT2D eigenvalue weighted by Gasteiger charge is 2.27. The van der Waals surface area contributed by atoms with Crippen LogP contribution in [0.1, 0.15) is 28.6 Å². The van der Waals surface area contributed by atoms with E-state index in [0.717, 1.165) is 5.56 Å². The molecule has 9 nitrogen and oxygen atoms in total. The first-order valence-electron chi connectivity index (χ1n) is 8.32. The monoisotopic (exact) mass is 373 g/mol. The SMILES string of the molecule is CCOC(=O)c1c(NCC(O)CO)oc(C=C2C=Nc3ncccc32)c1O. The Morgan fingerprint density at radius 1 is 1.48 bits per heavy atom. The maximum absolute atomic E-state index is 12.2. The Labute approximate surface area is 154 Å². The van der Waals surface area contributed by atoms with Crippen LogP contribution in [0.4, 0.5) is 11.7 Å². The number of carbonyl (C=O) groups excluding carboxylic acids is 1. The lowest BCUT2D eigenvalue weighted by Gasteiger charge is -2.09. The number of pyridine rings is 1. The van der Waals surface area contributed by atoms with Gasteiger partial charge in [-0.05, 0) is 25.1 Å². The van der Waals surface area contributed by atoms with Crippen molar-refractivity contribution in [2.24, 2.45) is 4.99 Å². The highest BCUT2D eigenvalue weighted by Crippen LogP contribution is 2.38. The largest absolute Gasteiger partial charge is 0.504 e. The number of fused-ring (bicyclic) bond motifs is 1. The van der Waals surface area contributed by atoms with Crippen molar-refractivity contribution in [2.45, 2.75) is 13.0 Å². The van der Waals surface area contributed by atoms with E-state index in [1.807, 2.05) is 6.07 Å². The molecule has 1 aliphatic heterocycles. The second-order valence-corrected chi connectivity index (χ2v) is 5.69. The zero-order valence-corrected chi connectivity index (χ0v) is 14.5. The molecule has 3 heterocycles. The number of allylic oxidation sites excluding steroid dienone is 1. The smallest absolute Gasteiger partial charge is 0.347 e. The van der Waals surface area contributed by atoms with Gasteiger partial charge in [-0.2, -0.15) is 0 Å². The average molecular weight is 373 g/mol. The van der Waals surface area contributed by atoms with Gasteiger partial charge in [0.1, 0.15) is 0 Å². The summed E-state index contributed by atoms with van der Waals surface area (Å²) in [6.45, 7) is 1.20. The van der Waals surface area contributed by atoms with Crippen LogP contribution in [0.25, 0.3) is 11.6 Å². The van der Waals surface area contributed by atoms with Crippen LogP contribution in [0.3, 0.4) is 0 Å².